The first-order chi connectivity index (χ1) is 4.97. The van der Waals surface area contributed by atoms with Crippen LogP contribution in [-0.4, -0.2) is 0 Å². The standard InChI is InChI=1S/C10H9/c1-2-6-10-8-4-3-7-9(10)5-1/h1-9H. The van der Waals surface area contributed by atoms with Crippen molar-refractivity contribution in [2.24, 2.45) is 5.92 Å². The van der Waals surface area contributed by atoms with E-state index in [4.69, 9.17) is 0 Å². The van der Waals surface area contributed by atoms with Gasteiger partial charge in [0.2, 0.25) is 0 Å². The zero-order valence-electron chi connectivity index (χ0n) is 5.70. The second-order valence-corrected chi connectivity index (χ2v) is 2.51. The summed E-state index contributed by atoms with van der Waals surface area (Å²) in [4.78, 5) is 0. The lowest BCUT2D eigenvalue weighted by Gasteiger charge is -2.16. The van der Waals surface area contributed by atoms with Crippen LogP contribution in [0.5, 0.6) is 0 Å². The van der Waals surface area contributed by atoms with Crippen molar-refractivity contribution >= 4 is 0 Å². The molecule has 0 aromatic heterocycles. The smallest absolute Gasteiger partial charge is 0.00900 e. The predicted molar refractivity (Wildman–Crippen MR) is 43.3 cm³/mol. The van der Waals surface area contributed by atoms with Gasteiger partial charge in [-0.2, -0.15) is 0 Å². The number of allylic oxidation sites excluding steroid dienone is 8. The molecule has 0 bridgehead atoms. The van der Waals surface area contributed by atoms with Crippen LogP contribution in [0.1, 0.15) is 0 Å². The van der Waals surface area contributed by atoms with Crippen molar-refractivity contribution in [2.45, 2.75) is 0 Å². The highest BCUT2D eigenvalue weighted by atomic mass is 14.1. The van der Waals surface area contributed by atoms with Gasteiger partial charge >= 0.3 is 0 Å². The summed E-state index contributed by atoms with van der Waals surface area (Å²) < 4.78 is 0. The Kier molecular flexibility index (Phi) is 1.31. The summed E-state index contributed by atoms with van der Waals surface area (Å²) in [5.74, 6) is 0.537. The van der Waals surface area contributed by atoms with Crippen LogP contribution >= 0.6 is 0 Å². The van der Waals surface area contributed by atoms with Crippen LogP contribution in [0.4, 0.5) is 0 Å². The monoisotopic (exact) mass is 129 g/mol. The molecule has 0 heterocycles. The Morgan fingerprint density at radius 2 is 2.00 bits per heavy atom. The van der Waals surface area contributed by atoms with E-state index in [-0.39, 0.29) is 0 Å². The van der Waals surface area contributed by atoms with Crippen molar-refractivity contribution < 1.29 is 0 Å². The number of fused-ring (bicyclic) bond motifs is 1. The zero-order chi connectivity index (χ0) is 6.81. The fraction of sp³-hybridized carbons (Fsp3) is 0.100. The lowest BCUT2D eigenvalue weighted by Crippen LogP contribution is -2.03. The third-order valence-electron chi connectivity index (χ3n) is 1.82. The van der Waals surface area contributed by atoms with Crippen LogP contribution in [0.15, 0.2) is 48.1 Å². The summed E-state index contributed by atoms with van der Waals surface area (Å²) in [6.45, 7) is 0. The highest BCUT2D eigenvalue weighted by Crippen LogP contribution is 2.24. The molecule has 0 spiro atoms. The Morgan fingerprint density at radius 3 is 2.90 bits per heavy atom. The minimum atomic E-state index is 0.537. The van der Waals surface area contributed by atoms with Crippen LogP contribution in [-0.2, 0) is 0 Å². The van der Waals surface area contributed by atoms with E-state index < -0.39 is 0 Å². The maximum absolute atomic E-state index is 2.20. The van der Waals surface area contributed by atoms with Gasteiger partial charge in [-0.25, -0.2) is 0 Å². The summed E-state index contributed by atoms with van der Waals surface area (Å²) in [6, 6.07) is 0. The van der Waals surface area contributed by atoms with E-state index in [1.807, 2.05) is 0 Å². The average molecular weight is 129 g/mol. The van der Waals surface area contributed by atoms with Gasteiger partial charge < -0.3 is 0 Å². The van der Waals surface area contributed by atoms with Gasteiger partial charge in [-0.15, -0.1) is 0 Å². The average Bonchev–Trinajstić information content (AvgIpc) is 2.05. The molecule has 2 rings (SSSR count). The summed E-state index contributed by atoms with van der Waals surface area (Å²) in [7, 11) is 0. The van der Waals surface area contributed by atoms with Gasteiger partial charge in [0.05, 0.1) is 0 Å². The molecule has 0 fully saturated rings. The highest BCUT2D eigenvalue weighted by Gasteiger charge is 2.10. The molecule has 0 aliphatic heterocycles. The zero-order valence-corrected chi connectivity index (χ0v) is 5.70. The third kappa shape index (κ3) is 0.860. The first kappa shape index (κ1) is 5.72. The molecule has 0 amide bonds. The first-order valence-electron chi connectivity index (χ1n) is 3.53. The normalized spacial score (nSPS) is 28.0. The summed E-state index contributed by atoms with van der Waals surface area (Å²) in [5, 5.41) is 0. The van der Waals surface area contributed by atoms with Gasteiger partial charge in [0.25, 0.3) is 0 Å². The molecule has 2 aliphatic rings. The van der Waals surface area contributed by atoms with Gasteiger partial charge in [-0.05, 0) is 12.0 Å². The fourth-order valence-electron chi connectivity index (χ4n) is 1.27. The number of hydrogen-bond acceptors (Lipinski definition) is 0. The number of rotatable bonds is 0. The van der Waals surface area contributed by atoms with Crippen LogP contribution in [0.3, 0.4) is 0 Å². The molecule has 1 unspecified atom stereocenters. The van der Waals surface area contributed by atoms with E-state index in [9.17, 15) is 0 Å². The lowest BCUT2D eigenvalue weighted by molar-refractivity contribution is 0.927. The predicted octanol–water partition coefficient (Wildman–Crippen LogP) is 2.43. The van der Waals surface area contributed by atoms with Gasteiger partial charge in [0.1, 0.15) is 0 Å². The van der Waals surface area contributed by atoms with Crippen molar-refractivity contribution in [2.75, 3.05) is 0 Å². The van der Waals surface area contributed by atoms with Crippen molar-refractivity contribution in [3.63, 3.8) is 0 Å². The van der Waals surface area contributed by atoms with Crippen LogP contribution < -0.4 is 0 Å². The lowest BCUT2D eigenvalue weighted by atomic mass is 9.88. The van der Waals surface area contributed by atoms with Crippen molar-refractivity contribution in [3.8, 4) is 0 Å². The molecule has 0 aromatic rings. The molecule has 0 nitrogen and oxygen atoms in total. The van der Waals surface area contributed by atoms with Gasteiger partial charge in [0.15, 0.2) is 0 Å². The maximum atomic E-state index is 2.20. The molecule has 49 valence electrons. The Bertz CT molecular complexity index is 239. The van der Waals surface area contributed by atoms with E-state index in [1.165, 1.54) is 5.57 Å². The molecule has 0 aromatic carbocycles. The Hall–Kier alpha value is -1.04. The molecule has 0 saturated heterocycles. The number of hydrogen-bond donors (Lipinski definition) is 0. The quantitative estimate of drug-likeness (QED) is 0.471. The molecule has 1 radical (unpaired) electrons. The third-order valence-corrected chi connectivity index (χ3v) is 1.82. The van der Waals surface area contributed by atoms with Crippen molar-refractivity contribution in [1.29, 1.82) is 0 Å². The summed E-state index contributed by atoms with van der Waals surface area (Å²) >= 11 is 0. The molecule has 2 aliphatic carbocycles. The minimum Gasteiger partial charge on any atom is -0.0799 e. The largest absolute Gasteiger partial charge is 0.0799 e. The molecule has 10 heavy (non-hydrogen) atoms. The molecule has 0 heteroatoms. The van der Waals surface area contributed by atoms with Crippen molar-refractivity contribution in [3.05, 3.63) is 54.5 Å². The molecular formula is C10H9. The SMILES string of the molecule is [CH]1C=CC=C2C=CC=CC12. The van der Waals surface area contributed by atoms with Crippen molar-refractivity contribution in [1.82, 2.24) is 0 Å². The molecule has 0 N–H and O–H groups in total. The van der Waals surface area contributed by atoms with E-state index >= 15 is 0 Å². The second-order valence-electron chi connectivity index (χ2n) is 2.51. The Labute approximate surface area is 61.3 Å². The molecular weight excluding hydrogens is 120 g/mol. The van der Waals surface area contributed by atoms with Crippen LogP contribution in [0.25, 0.3) is 0 Å². The van der Waals surface area contributed by atoms with Gasteiger partial charge in [-0.1, -0.05) is 42.5 Å². The van der Waals surface area contributed by atoms with Crippen LogP contribution in [0.2, 0.25) is 0 Å². The highest BCUT2D eigenvalue weighted by molar-refractivity contribution is 5.41. The van der Waals surface area contributed by atoms with Gasteiger partial charge in [0, 0.05) is 5.92 Å². The fourth-order valence-corrected chi connectivity index (χ4v) is 1.27. The van der Waals surface area contributed by atoms with Crippen LogP contribution in [0, 0.1) is 12.3 Å². The first-order valence-corrected chi connectivity index (χ1v) is 3.53. The topological polar surface area (TPSA) is 0 Å². The van der Waals surface area contributed by atoms with E-state index in [1.54, 1.807) is 0 Å². The Morgan fingerprint density at radius 1 is 1.00 bits per heavy atom. The van der Waals surface area contributed by atoms with Gasteiger partial charge in [-0.3, -0.25) is 0 Å². The summed E-state index contributed by atoms with van der Waals surface area (Å²) in [6.07, 6.45) is 17.1. The second kappa shape index (κ2) is 2.30. The Balaban J connectivity index is 2.34. The van der Waals surface area contributed by atoms with E-state index in [2.05, 4.69) is 49.0 Å². The van der Waals surface area contributed by atoms with E-state index in [0.717, 1.165) is 0 Å². The summed E-state index contributed by atoms with van der Waals surface area (Å²) in [5.41, 5.74) is 1.39. The molecule has 1 atom stereocenters. The van der Waals surface area contributed by atoms with E-state index in [0.29, 0.717) is 5.92 Å². The maximum Gasteiger partial charge on any atom is 0.00900 e. The molecule has 0 saturated carbocycles. The minimum absolute atomic E-state index is 0.537.